The summed E-state index contributed by atoms with van der Waals surface area (Å²) < 4.78 is 35.2. The van der Waals surface area contributed by atoms with Crippen LogP contribution in [0.1, 0.15) is 32.1 Å². The third kappa shape index (κ3) is 5.44. The molecular weight excluding hydrogens is 193 g/mol. The molecule has 2 nitrogen and oxygen atoms in total. The molecule has 0 aromatic carbocycles. The van der Waals surface area contributed by atoms with Gasteiger partial charge in [-0.1, -0.05) is 0 Å². The number of hydrogen-bond donors (Lipinski definition) is 2. The minimum atomic E-state index is -4.01. The van der Waals surface area contributed by atoms with Gasteiger partial charge in [0.05, 0.1) is 0 Å². The highest BCUT2D eigenvalue weighted by Gasteiger charge is 2.37. The zero-order valence-corrected chi connectivity index (χ0v) is 8.16. The molecule has 1 aliphatic rings. The van der Waals surface area contributed by atoms with Gasteiger partial charge in [0, 0.05) is 18.5 Å². The Bertz CT molecular complexity index is 166. The molecule has 5 heteroatoms. The van der Waals surface area contributed by atoms with Gasteiger partial charge in [-0.05, 0) is 32.2 Å². The lowest BCUT2D eigenvalue weighted by Gasteiger charge is -2.10. The van der Waals surface area contributed by atoms with Gasteiger partial charge in [0.15, 0.2) is 0 Å². The standard InChI is InChI=1S/C9H17F3N2/c10-9(11,12)3-1-2-6-14-7-8(13)4-5-8/h14H,1-7,13H2. The highest BCUT2D eigenvalue weighted by molar-refractivity contribution is 5.00. The Labute approximate surface area is 82.0 Å². The number of unbranched alkanes of at least 4 members (excludes halogenated alkanes) is 1. The topological polar surface area (TPSA) is 38.0 Å². The van der Waals surface area contributed by atoms with Crippen LogP contribution in [0.5, 0.6) is 0 Å². The molecule has 3 N–H and O–H groups in total. The van der Waals surface area contributed by atoms with Gasteiger partial charge in [0.2, 0.25) is 0 Å². The van der Waals surface area contributed by atoms with Crippen LogP contribution in [0.4, 0.5) is 13.2 Å². The number of halogens is 3. The molecule has 14 heavy (non-hydrogen) atoms. The van der Waals surface area contributed by atoms with Crippen LogP contribution >= 0.6 is 0 Å². The summed E-state index contributed by atoms with van der Waals surface area (Å²) in [7, 11) is 0. The van der Waals surface area contributed by atoms with Gasteiger partial charge in [-0.3, -0.25) is 0 Å². The number of nitrogens with one attached hydrogen (secondary N) is 1. The quantitative estimate of drug-likeness (QED) is 0.656. The van der Waals surface area contributed by atoms with E-state index in [2.05, 4.69) is 5.32 Å². The molecule has 84 valence electrons. The normalized spacial score (nSPS) is 19.7. The second kappa shape index (κ2) is 4.49. The lowest BCUT2D eigenvalue weighted by molar-refractivity contribution is -0.135. The van der Waals surface area contributed by atoms with Crippen LogP contribution in [0.15, 0.2) is 0 Å². The third-order valence-electron chi connectivity index (χ3n) is 2.43. The lowest BCUT2D eigenvalue weighted by Crippen LogP contribution is -2.36. The number of alkyl halides is 3. The Hall–Kier alpha value is -0.290. The first-order valence-electron chi connectivity index (χ1n) is 4.98. The molecule has 1 fully saturated rings. The zero-order valence-electron chi connectivity index (χ0n) is 8.16. The molecule has 0 aromatic heterocycles. The summed E-state index contributed by atoms with van der Waals surface area (Å²) in [6.45, 7) is 1.37. The van der Waals surface area contributed by atoms with Crippen molar-refractivity contribution in [1.82, 2.24) is 5.32 Å². The van der Waals surface area contributed by atoms with Gasteiger partial charge in [-0.15, -0.1) is 0 Å². The average Bonchev–Trinajstić information content (AvgIpc) is 2.75. The molecule has 0 aromatic rings. The van der Waals surface area contributed by atoms with Crippen molar-refractivity contribution in [3.63, 3.8) is 0 Å². The Kier molecular flexibility index (Phi) is 3.78. The van der Waals surface area contributed by atoms with Crippen LogP contribution in [0.25, 0.3) is 0 Å². The van der Waals surface area contributed by atoms with E-state index in [1.165, 1.54) is 0 Å². The maximum atomic E-state index is 11.7. The van der Waals surface area contributed by atoms with E-state index < -0.39 is 12.6 Å². The highest BCUT2D eigenvalue weighted by atomic mass is 19.4. The molecule has 0 atom stereocenters. The summed E-state index contributed by atoms with van der Waals surface area (Å²) >= 11 is 0. The van der Waals surface area contributed by atoms with Gasteiger partial charge < -0.3 is 11.1 Å². The van der Waals surface area contributed by atoms with E-state index in [9.17, 15) is 13.2 Å². The van der Waals surface area contributed by atoms with Crippen molar-refractivity contribution < 1.29 is 13.2 Å². The van der Waals surface area contributed by atoms with E-state index in [-0.39, 0.29) is 12.0 Å². The minimum absolute atomic E-state index is 0.0516. The fourth-order valence-electron chi connectivity index (χ4n) is 1.25. The monoisotopic (exact) mass is 210 g/mol. The van der Waals surface area contributed by atoms with Gasteiger partial charge in [0.25, 0.3) is 0 Å². The Morgan fingerprint density at radius 3 is 2.36 bits per heavy atom. The zero-order chi connectivity index (χ0) is 10.7. The summed E-state index contributed by atoms with van der Waals surface area (Å²) in [6, 6.07) is 0. The summed E-state index contributed by atoms with van der Waals surface area (Å²) in [5.74, 6) is 0. The summed E-state index contributed by atoms with van der Waals surface area (Å²) in [5.41, 5.74) is 5.74. The first kappa shape index (κ1) is 11.8. The fraction of sp³-hybridized carbons (Fsp3) is 1.00. The van der Waals surface area contributed by atoms with Gasteiger partial charge in [-0.25, -0.2) is 0 Å². The van der Waals surface area contributed by atoms with E-state index in [4.69, 9.17) is 5.73 Å². The molecular formula is C9H17F3N2. The third-order valence-corrected chi connectivity index (χ3v) is 2.43. The second-order valence-corrected chi connectivity index (χ2v) is 4.11. The Balaban J connectivity index is 1.85. The molecule has 0 unspecified atom stereocenters. The van der Waals surface area contributed by atoms with E-state index in [0.29, 0.717) is 13.0 Å². The molecule has 0 bridgehead atoms. The van der Waals surface area contributed by atoms with Crippen LogP contribution < -0.4 is 11.1 Å². The van der Waals surface area contributed by atoms with E-state index >= 15 is 0 Å². The first-order chi connectivity index (χ1) is 6.41. The van der Waals surface area contributed by atoms with Gasteiger partial charge in [-0.2, -0.15) is 13.2 Å². The molecule has 0 spiro atoms. The molecule has 1 rings (SSSR count). The molecule has 1 saturated carbocycles. The van der Waals surface area contributed by atoms with Crippen LogP contribution in [0.2, 0.25) is 0 Å². The predicted molar refractivity (Wildman–Crippen MR) is 48.9 cm³/mol. The van der Waals surface area contributed by atoms with Crippen molar-refractivity contribution in [2.75, 3.05) is 13.1 Å². The van der Waals surface area contributed by atoms with E-state index in [1.54, 1.807) is 0 Å². The summed E-state index contributed by atoms with van der Waals surface area (Å²) in [6.07, 6.45) is -1.86. The van der Waals surface area contributed by atoms with Crippen molar-refractivity contribution in [2.24, 2.45) is 5.73 Å². The predicted octanol–water partition coefficient (Wildman–Crippen LogP) is 1.80. The van der Waals surface area contributed by atoms with Crippen molar-refractivity contribution in [3.05, 3.63) is 0 Å². The smallest absolute Gasteiger partial charge is 0.324 e. The van der Waals surface area contributed by atoms with Gasteiger partial charge in [0.1, 0.15) is 0 Å². The highest BCUT2D eigenvalue weighted by Crippen LogP contribution is 2.30. The Morgan fingerprint density at radius 2 is 1.86 bits per heavy atom. The van der Waals surface area contributed by atoms with Crippen molar-refractivity contribution in [2.45, 2.75) is 43.8 Å². The second-order valence-electron chi connectivity index (χ2n) is 4.11. The van der Waals surface area contributed by atoms with Crippen molar-refractivity contribution >= 4 is 0 Å². The van der Waals surface area contributed by atoms with Crippen LogP contribution in [-0.2, 0) is 0 Å². The number of rotatable bonds is 6. The molecule has 1 aliphatic carbocycles. The largest absolute Gasteiger partial charge is 0.389 e. The maximum Gasteiger partial charge on any atom is 0.389 e. The maximum absolute atomic E-state index is 11.7. The molecule has 0 heterocycles. The lowest BCUT2D eigenvalue weighted by atomic mass is 10.2. The van der Waals surface area contributed by atoms with Crippen LogP contribution in [0.3, 0.4) is 0 Å². The number of hydrogen-bond acceptors (Lipinski definition) is 2. The van der Waals surface area contributed by atoms with Crippen LogP contribution in [0, 0.1) is 0 Å². The molecule has 0 saturated heterocycles. The molecule has 0 radical (unpaired) electrons. The molecule has 0 amide bonds. The Morgan fingerprint density at radius 1 is 1.21 bits per heavy atom. The van der Waals surface area contributed by atoms with Crippen molar-refractivity contribution in [3.8, 4) is 0 Å². The first-order valence-corrected chi connectivity index (χ1v) is 4.98. The minimum Gasteiger partial charge on any atom is -0.324 e. The summed E-state index contributed by atoms with van der Waals surface area (Å²) in [4.78, 5) is 0. The average molecular weight is 210 g/mol. The summed E-state index contributed by atoms with van der Waals surface area (Å²) in [5, 5.41) is 3.08. The fourth-order valence-corrected chi connectivity index (χ4v) is 1.25. The molecule has 0 aliphatic heterocycles. The van der Waals surface area contributed by atoms with Crippen molar-refractivity contribution in [1.29, 1.82) is 0 Å². The van der Waals surface area contributed by atoms with E-state index in [0.717, 1.165) is 19.4 Å². The SMILES string of the molecule is NC1(CNCCCCC(F)(F)F)CC1. The van der Waals surface area contributed by atoms with Gasteiger partial charge >= 0.3 is 6.18 Å². The van der Waals surface area contributed by atoms with E-state index in [1.807, 2.05) is 0 Å². The van der Waals surface area contributed by atoms with Crippen LogP contribution in [-0.4, -0.2) is 24.8 Å². The number of nitrogens with two attached hydrogens (primary N) is 1.